The van der Waals surface area contributed by atoms with Crippen LogP contribution >= 0.6 is 23.2 Å². The van der Waals surface area contributed by atoms with E-state index in [-0.39, 0.29) is 17.8 Å². The summed E-state index contributed by atoms with van der Waals surface area (Å²) >= 11 is 11.7. The van der Waals surface area contributed by atoms with Gasteiger partial charge in [0.05, 0.1) is 5.56 Å². The lowest BCUT2D eigenvalue weighted by atomic mass is 10.0. The zero-order chi connectivity index (χ0) is 15.6. The van der Waals surface area contributed by atoms with Crippen molar-refractivity contribution in [3.63, 3.8) is 0 Å². The van der Waals surface area contributed by atoms with Crippen molar-refractivity contribution in [1.82, 2.24) is 0 Å². The molecule has 0 radical (unpaired) electrons. The summed E-state index contributed by atoms with van der Waals surface area (Å²) in [5, 5.41) is 0.800. The molecule has 1 nitrogen and oxygen atoms in total. The second kappa shape index (κ2) is 6.08. The maximum Gasteiger partial charge on any atom is 0.416 e. The highest BCUT2D eigenvalue weighted by molar-refractivity contribution is 6.35. The predicted molar refractivity (Wildman–Crippen MR) is 75.9 cm³/mol. The van der Waals surface area contributed by atoms with Crippen LogP contribution in [-0.4, -0.2) is 5.78 Å². The van der Waals surface area contributed by atoms with Gasteiger partial charge in [0.1, 0.15) is 0 Å². The molecule has 110 valence electrons. The molecule has 0 heterocycles. The number of hydrogen-bond donors (Lipinski definition) is 0. The fourth-order valence-corrected chi connectivity index (χ4v) is 2.26. The standard InChI is InChI=1S/C15H9Cl2F3O/c16-12-6-3-10(13(17)8-12)7-14(21)9-1-4-11(5-2-9)15(18,19)20/h1-6,8H,7H2. The van der Waals surface area contributed by atoms with Gasteiger partial charge >= 0.3 is 6.18 Å². The van der Waals surface area contributed by atoms with Gasteiger partial charge in [0.25, 0.3) is 0 Å². The molecule has 0 aromatic heterocycles. The summed E-state index contributed by atoms with van der Waals surface area (Å²) in [7, 11) is 0. The Hall–Kier alpha value is -1.52. The van der Waals surface area contributed by atoms with Gasteiger partial charge in [-0.15, -0.1) is 0 Å². The fourth-order valence-electron chi connectivity index (χ4n) is 1.79. The molecule has 0 fully saturated rings. The summed E-state index contributed by atoms with van der Waals surface area (Å²) in [5.74, 6) is -0.312. The van der Waals surface area contributed by atoms with E-state index in [4.69, 9.17) is 23.2 Å². The summed E-state index contributed by atoms with van der Waals surface area (Å²) in [4.78, 5) is 12.0. The van der Waals surface area contributed by atoms with Crippen LogP contribution in [0.1, 0.15) is 21.5 Å². The molecule has 0 unspecified atom stereocenters. The molecule has 0 amide bonds. The molecule has 21 heavy (non-hydrogen) atoms. The maximum absolute atomic E-state index is 12.4. The van der Waals surface area contributed by atoms with Gasteiger partial charge in [-0.2, -0.15) is 13.2 Å². The summed E-state index contributed by atoms with van der Waals surface area (Å²) < 4.78 is 37.3. The van der Waals surface area contributed by atoms with Crippen molar-refractivity contribution in [2.45, 2.75) is 12.6 Å². The summed E-state index contributed by atoms with van der Waals surface area (Å²) in [5.41, 5.74) is -0.0106. The van der Waals surface area contributed by atoms with Crippen LogP contribution in [0.4, 0.5) is 13.2 Å². The van der Waals surface area contributed by atoms with Crippen LogP contribution < -0.4 is 0 Å². The number of carbonyl (C=O) groups is 1. The molecule has 0 saturated carbocycles. The molecule has 0 saturated heterocycles. The number of hydrogen-bond acceptors (Lipinski definition) is 1. The van der Waals surface area contributed by atoms with Gasteiger partial charge in [-0.1, -0.05) is 41.4 Å². The number of rotatable bonds is 3. The van der Waals surface area contributed by atoms with Crippen molar-refractivity contribution in [1.29, 1.82) is 0 Å². The van der Waals surface area contributed by atoms with E-state index in [1.165, 1.54) is 6.07 Å². The molecular formula is C15H9Cl2F3O. The van der Waals surface area contributed by atoms with Crippen LogP contribution in [0.15, 0.2) is 42.5 Å². The highest BCUT2D eigenvalue weighted by Gasteiger charge is 2.30. The largest absolute Gasteiger partial charge is 0.416 e. The summed E-state index contributed by atoms with van der Waals surface area (Å²) in [6.07, 6.45) is -4.41. The first-order valence-corrected chi connectivity index (χ1v) is 6.67. The lowest BCUT2D eigenvalue weighted by molar-refractivity contribution is -0.137. The van der Waals surface area contributed by atoms with E-state index in [0.717, 1.165) is 24.3 Å². The van der Waals surface area contributed by atoms with Crippen molar-refractivity contribution in [2.75, 3.05) is 0 Å². The van der Waals surface area contributed by atoms with Crippen molar-refractivity contribution in [3.05, 3.63) is 69.2 Å². The third kappa shape index (κ3) is 3.99. The van der Waals surface area contributed by atoms with Crippen LogP contribution in [0.5, 0.6) is 0 Å². The normalized spacial score (nSPS) is 11.5. The second-order valence-corrected chi connectivity index (χ2v) is 5.25. The number of Topliss-reactive ketones (excluding diaryl/α,β-unsaturated/α-hetero) is 1. The monoisotopic (exact) mass is 332 g/mol. The Morgan fingerprint density at radius 3 is 2.14 bits per heavy atom. The quantitative estimate of drug-likeness (QED) is 0.684. The number of ketones is 1. The van der Waals surface area contributed by atoms with Crippen LogP contribution in [-0.2, 0) is 12.6 Å². The first-order chi connectivity index (χ1) is 9.77. The zero-order valence-electron chi connectivity index (χ0n) is 10.5. The average molecular weight is 333 g/mol. The fraction of sp³-hybridized carbons (Fsp3) is 0.133. The minimum absolute atomic E-state index is 0.00136. The second-order valence-electron chi connectivity index (χ2n) is 4.41. The molecule has 6 heteroatoms. The Balaban J connectivity index is 2.17. The molecule has 0 bridgehead atoms. The maximum atomic E-state index is 12.4. The number of halogens is 5. The average Bonchev–Trinajstić information content (AvgIpc) is 2.41. The third-order valence-electron chi connectivity index (χ3n) is 2.90. The Kier molecular flexibility index (Phi) is 4.59. The minimum atomic E-state index is -4.42. The Bertz CT molecular complexity index is 664. The van der Waals surface area contributed by atoms with Crippen molar-refractivity contribution >= 4 is 29.0 Å². The lowest BCUT2D eigenvalue weighted by Crippen LogP contribution is -2.07. The van der Waals surface area contributed by atoms with Gasteiger partial charge in [-0.25, -0.2) is 0 Å². The van der Waals surface area contributed by atoms with Gasteiger partial charge in [-0.05, 0) is 29.8 Å². The SMILES string of the molecule is O=C(Cc1ccc(Cl)cc1Cl)c1ccc(C(F)(F)F)cc1. The lowest BCUT2D eigenvalue weighted by Gasteiger charge is -2.08. The molecular weight excluding hydrogens is 324 g/mol. The van der Waals surface area contributed by atoms with Crippen molar-refractivity contribution in [2.24, 2.45) is 0 Å². The van der Waals surface area contributed by atoms with E-state index < -0.39 is 11.7 Å². The van der Waals surface area contributed by atoms with E-state index >= 15 is 0 Å². The smallest absolute Gasteiger partial charge is 0.294 e. The van der Waals surface area contributed by atoms with E-state index in [1.54, 1.807) is 12.1 Å². The first kappa shape index (κ1) is 15.9. The number of alkyl halides is 3. The van der Waals surface area contributed by atoms with E-state index in [1.807, 2.05) is 0 Å². The minimum Gasteiger partial charge on any atom is -0.294 e. The van der Waals surface area contributed by atoms with Crippen molar-refractivity contribution < 1.29 is 18.0 Å². The zero-order valence-corrected chi connectivity index (χ0v) is 12.1. The molecule has 0 aliphatic carbocycles. The van der Waals surface area contributed by atoms with E-state index in [0.29, 0.717) is 15.6 Å². The van der Waals surface area contributed by atoms with Gasteiger partial charge in [0.15, 0.2) is 5.78 Å². The van der Waals surface area contributed by atoms with Crippen LogP contribution in [0.2, 0.25) is 10.0 Å². The molecule has 0 spiro atoms. The molecule has 0 atom stereocenters. The van der Waals surface area contributed by atoms with Crippen LogP contribution in [0.3, 0.4) is 0 Å². The topological polar surface area (TPSA) is 17.1 Å². The number of carbonyl (C=O) groups excluding carboxylic acids is 1. The third-order valence-corrected chi connectivity index (χ3v) is 3.49. The molecule has 0 N–H and O–H groups in total. The Morgan fingerprint density at radius 2 is 1.62 bits per heavy atom. The Labute approximate surface area is 129 Å². The highest BCUT2D eigenvalue weighted by Crippen LogP contribution is 2.29. The molecule has 0 aliphatic heterocycles. The van der Waals surface area contributed by atoms with Crippen molar-refractivity contribution in [3.8, 4) is 0 Å². The van der Waals surface area contributed by atoms with Gasteiger partial charge < -0.3 is 0 Å². The van der Waals surface area contributed by atoms with Crippen LogP contribution in [0, 0.1) is 0 Å². The Morgan fingerprint density at radius 1 is 1.00 bits per heavy atom. The van der Waals surface area contributed by atoms with Gasteiger partial charge in [0.2, 0.25) is 0 Å². The van der Waals surface area contributed by atoms with Gasteiger partial charge in [-0.3, -0.25) is 4.79 Å². The molecule has 0 aliphatic rings. The highest BCUT2D eigenvalue weighted by atomic mass is 35.5. The van der Waals surface area contributed by atoms with Crippen LogP contribution in [0.25, 0.3) is 0 Å². The number of benzene rings is 2. The summed E-state index contributed by atoms with van der Waals surface area (Å²) in [6.45, 7) is 0. The van der Waals surface area contributed by atoms with Gasteiger partial charge in [0, 0.05) is 22.0 Å². The summed E-state index contributed by atoms with van der Waals surface area (Å²) in [6, 6.07) is 8.82. The van der Waals surface area contributed by atoms with E-state index in [9.17, 15) is 18.0 Å². The first-order valence-electron chi connectivity index (χ1n) is 5.92. The van der Waals surface area contributed by atoms with E-state index in [2.05, 4.69) is 0 Å². The predicted octanol–water partition coefficient (Wildman–Crippen LogP) is 5.44. The molecule has 2 rings (SSSR count). The molecule has 2 aromatic carbocycles. The molecule has 2 aromatic rings.